The molecule has 0 atom stereocenters. The number of hydrogen-bond acceptors (Lipinski definition) is 4. The van der Waals surface area contributed by atoms with Gasteiger partial charge in [0.1, 0.15) is 11.3 Å². The maximum Gasteiger partial charge on any atom is 0.341 e. The standard InChI is InChI=1S/C21H15F2N3O3/c1-12-5-3-4-6-18(12)26-20(27)14-10-25(13-7-8-16(22)17(23)9-13)11-15(19(14)24-26)21(28)29-2/h3-11H,1-2H3. The smallest absolute Gasteiger partial charge is 0.341 e. The van der Waals surface area contributed by atoms with Gasteiger partial charge in [0, 0.05) is 24.1 Å². The molecular weight excluding hydrogens is 380 g/mol. The van der Waals surface area contributed by atoms with E-state index in [1.165, 1.54) is 34.8 Å². The summed E-state index contributed by atoms with van der Waals surface area (Å²) in [5.41, 5.74) is 1.51. The van der Waals surface area contributed by atoms with Gasteiger partial charge in [-0.1, -0.05) is 18.2 Å². The number of ether oxygens (including phenoxy) is 1. The van der Waals surface area contributed by atoms with Crippen LogP contribution in [0.4, 0.5) is 8.78 Å². The first-order chi connectivity index (χ1) is 13.9. The first-order valence-corrected chi connectivity index (χ1v) is 8.65. The van der Waals surface area contributed by atoms with Crippen LogP contribution in [0, 0.1) is 18.6 Å². The number of aryl methyl sites for hydroxylation is 1. The van der Waals surface area contributed by atoms with Crippen molar-refractivity contribution < 1.29 is 18.3 Å². The van der Waals surface area contributed by atoms with Gasteiger partial charge in [0.25, 0.3) is 5.56 Å². The Balaban J connectivity index is 2.02. The number of benzene rings is 2. The largest absolute Gasteiger partial charge is 0.465 e. The minimum Gasteiger partial charge on any atom is -0.465 e. The molecule has 146 valence electrons. The number of carbonyl (C=O) groups is 1. The third kappa shape index (κ3) is 3.08. The van der Waals surface area contributed by atoms with Crippen LogP contribution >= 0.6 is 0 Å². The third-order valence-corrected chi connectivity index (χ3v) is 4.62. The Kier molecular flexibility index (Phi) is 4.46. The molecule has 0 saturated carbocycles. The van der Waals surface area contributed by atoms with Gasteiger partial charge < -0.3 is 9.30 Å². The van der Waals surface area contributed by atoms with E-state index in [0.717, 1.165) is 17.7 Å². The number of para-hydroxylation sites is 1. The molecule has 2 aromatic rings. The Hall–Kier alpha value is -3.81. The van der Waals surface area contributed by atoms with E-state index in [4.69, 9.17) is 4.74 Å². The second-order valence-corrected chi connectivity index (χ2v) is 6.43. The van der Waals surface area contributed by atoms with Gasteiger partial charge in [-0.05, 0) is 30.7 Å². The Morgan fingerprint density at radius 1 is 1.07 bits per heavy atom. The lowest BCUT2D eigenvalue weighted by atomic mass is 10.1. The summed E-state index contributed by atoms with van der Waals surface area (Å²) in [6, 6.07) is 10.5. The van der Waals surface area contributed by atoms with E-state index in [0.29, 0.717) is 5.69 Å². The van der Waals surface area contributed by atoms with Crippen LogP contribution in [0.3, 0.4) is 0 Å². The van der Waals surface area contributed by atoms with Crippen molar-refractivity contribution in [3.8, 4) is 22.6 Å². The van der Waals surface area contributed by atoms with Crippen LogP contribution in [0.5, 0.6) is 0 Å². The Morgan fingerprint density at radius 2 is 1.83 bits per heavy atom. The number of pyridine rings is 1. The summed E-state index contributed by atoms with van der Waals surface area (Å²) in [5.74, 6) is -2.76. The lowest BCUT2D eigenvalue weighted by molar-refractivity contribution is 0.0600. The molecule has 0 spiro atoms. The highest BCUT2D eigenvalue weighted by Crippen LogP contribution is 2.26. The zero-order chi connectivity index (χ0) is 20.7. The second kappa shape index (κ2) is 6.97. The molecule has 6 nitrogen and oxygen atoms in total. The van der Waals surface area contributed by atoms with Crippen LogP contribution in [0.25, 0.3) is 22.6 Å². The molecule has 0 saturated heterocycles. The van der Waals surface area contributed by atoms with Crippen LogP contribution in [0.2, 0.25) is 0 Å². The van der Waals surface area contributed by atoms with E-state index < -0.39 is 23.2 Å². The van der Waals surface area contributed by atoms with Crippen molar-refractivity contribution >= 4 is 5.97 Å². The zero-order valence-electron chi connectivity index (χ0n) is 15.5. The van der Waals surface area contributed by atoms with Crippen molar-refractivity contribution in [1.82, 2.24) is 14.3 Å². The number of rotatable bonds is 3. The Labute approximate surface area is 163 Å². The van der Waals surface area contributed by atoms with Gasteiger partial charge in [0.05, 0.1) is 18.4 Å². The lowest BCUT2D eigenvalue weighted by Crippen LogP contribution is -2.16. The molecular formula is C21H15F2N3O3. The number of hydrogen-bond donors (Lipinski definition) is 0. The highest BCUT2D eigenvalue weighted by atomic mass is 19.2. The van der Waals surface area contributed by atoms with Gasteiger partial charge in [0.2, 0.25) is 0 Å². The molecule has 0 unspecified atom stereocenters. The topological polar surface area (TPSA) is 66.1 Å². The van der Waals surface area contributed by atoms with Crippen LogP contribution in [-0.4, -0.2) is 27.4 Å². The predicted octanol–water partition coefficient (Wildman–Crippen LogP) is 3.50. The summed E-state index contributed by atoms with van der Waals surface area (Å²) in [6.45, 7) is 1.84. The van der Waals surface area contributed by atoms with E-state index in [1.807, 2.05) is 19.1 Å². The molecule has 0 bridgehead atoms. The quantitative estimate of drug-likeness (QED) is 0.498. The van der Waals surface area contributed by atoms with Crippen LogP contribution in [-0.2, 0) is 4.74 Å². The lowest BCUT2D eigenvalue weighted by Gasteiger charge is -2.12. The van der Waals surface area contributed by atoms with E-state index in [-0.39, 0.29) is 22.5 Å². The fourth-order valence-electron chi connectivity index (χ4n) is 3.12. The summed E-state index contributed by atoms with van der Waals surface area (Å²) in [4.78, 5) is 25.4. The first kappa shape index (κ1) is 18.5. The van der Waals surface area contributed by atoms with E-state index in [9.17, 15) is 18.4 Å². The molecule has 29 heavy (non-hydrogen) atoms. The number of fused-ring (bicyclic) bond motifs is 1. The maximum absolute atomic E-state index is 13.7. The molecule has 2 aromatic carbocycles. The molecule has 0 aromatic heterocycles. The van der Waals surface area contributed by atoms with Crippen molar-refractivity contribution in [2.45, 2.75) is 6.92 Å². The van der Waals surface area contributed by atoms with Crippen molar-refractivity contribution in [2.24, 2.45) is 0 Å². The number of esters is 1. The van der Waals surface area contributed by atoms with Gasteiger partial charge >= 0.3 is 5.97 Å². The summed E-state index contributed by atoms with van der Waals surface area (Å²) in [7, 11) is 1.21. The van der Waals surface area contributed by atoms with E-state index >= 15 is 0 Å². The van der Waals surface area contributed by atoms with Crippen molar-refractivity contribution in [3.05, 3.63) is 88.0 Å². The zero-order valence-corrected chi connectivity index (χ0v) is 15.5. The minimum absolute atomic E-state index is 0.0270. The number of carbonyl (C=O) groups excluding carboxylic acids is 1. The molecule has 0 fully saturated rings. The van der Waals surface area contributed by atoms with E-state index in [1.54, 1.807) is 12.1 Å². The molecule has 0 N–H and O–H groups in total. The van der Waals surface area contributed by atoms with Gasteiger partial charge in [-0.25, -0.2) is 13.6 Å². The fraction of sp³-hybridized carbons (Fsp3) is 0.0952. The average molecular weight is 395 g/mol. The normalized spacial score (nSPS) is 11.0. The predicted molar refractivity (Wildman–Crippen MR) is 102 cm³/mol. The monoisotopic (exact) mass is 395 g/mol. The van der Waals surface area contributed by atoms with Crippen LogP contribution in [0.15, 0.2) is 59.7 Å². The van der Waals surface area contributed by atoms with Crippen molar-refractivity contribution in [3.63, 3.8) is 0 Å². The molecule has 2 aliphatic heterocycles. The molecule has 4 rings (SSSR count). The van der Waals surface area contributed by atoms with Gasteiger partial charge in [-0.2, -0.15) is 9.78 Å². The van der Waals surface area contributed by atoms with Gasteiger partial charge in [-0.3, -0.25) is 4.79 Å². The highest BCUT2D eigenvalue weighted by Gasteiger charge is 2.25. The highest BCUT2D eigenvalue weighted by molar-refractivity contribution is 5.96. The summed E-state index contributed by atoms with van der Waals surface area (Å²) in [6.07, 6.45) is 2.80. The molecule has 0 amide bonds. The van der Waals surface area contributed by atoms with Gasteiger partial charge in [0.15, 0.2) is 11.6 Å². The fourth-order valence-corrected chi connectivity index (χ4v) is 3.12. The molecule has 0 radical (unpaired) electrons. The minimum atomic E-state index is -1.05. The molecule has 2 aliphatic rings. The van der Waals surface area contributed by atoms with Crippen molar-refractivity contribution in [1.29, 1.82) is 0 Å². The molecule has 8 heteroatoms. The summed E-state index contributed by atoms with van der Waals surface area (Å²) in [5, 5.41) is 4.33. The Morgan fingerprint density at radius 3 is 2.52 bits per heavy atom. The molecule has 0 aliphatic carbocycles. The van der Waals surface area contributed by atoms with E-state index in [2.05, 4.69) is 5.10 Å². The van der Waals surface area contributed by atoms with Gasteiger partial charge in [-0.15, -0.1) is 0 Å². The third-order valence-electron chi connectivity index (χ3n) is 4.62. The first-order valence-electron chi connectivity index (χ1n) is 8.65. The summed E-state index contributed by atoms with van der Waals surface area (Å²) < 4.78 is 34.4. The van der Waals surface area contributed by atoms with Crippen molar-refractivity contribution in [2.75, 3.05) is 7.11 Å². The average Bonchev–Trinajstić information content (AvgIpc) is 3.05. The maximum atomic E-state index is 13.7. The summed E-state index contributed by atoms with van der Waals surface area (Å²) >= 11 is 0. The van der Waals surface area contributed by atoms with Crippen LogP contribution < -0.4 is 5.56 Å². The second-order valence-electron chi connectivity index (χ2n) is 6.43. The van der Waals surface area contributed by atoms with Crippen LogP contribution in [0.1, 0.15) is 15.9 Å². The number of aromatic nitrogens is 3. The number of nitrogens with zero attached hydrogens (tertiary/aromatic N) is 3. The SMILES string of the molecule is COC(=O)c1cn(-c2ccc(F)c(F)c2)cc2c(=O)n(-c3ccccc3C)nc1-2. The number of halogens is 2. The number of methoxy groups -OCH3 is 1. The Bertz CT molecular complexity index is 1280. The molecule has 2 heterocycles.